The Morgan fingerprint density at radius 3 is 3.00 bits per heavy atom. The van der Waals surface area contributed by atoms with Crippen LogP contribution in [-0.2, 0) is 0 Å². The van der Waals surface area contributed by atoms with Gasteiger partial charge < -0.3 is 19.7 Å². The minimum absolute atomic E-state index is 0.329. The molecule has 2 aromatic heterocycles. The van der Waals surface area contributed by atoms with Gasteiger partial charge in [0.15, 0.2) is 0 Å². The number of H-pyrrole nitrogens is 1. The second-order valence-electron chi connectivity index (χ2n) is 2.98. The smallest absolute Gasteiger partial charge is 0.511 e. The van der Waals surface area contributed by atoms with Gasteiger partial charge in [0.25, 0.3) is 0 Å². The molecule has 0 amide bonds. The second-order valence-corrected chi connectivity index (χ2v) is 2.98. The number of pyridine rings is 1. The standard InChI is InChI=1S/C8H9BN2O3/c1-5-3-10-8-7(5)2-6(4-11-8)14-9(12)13/h2-4,12-13H,1H3,(H,10,11). The van der Waals surface area contributed by atoms with Crippen LogP contribution in [0.4, 0.5) is 0 Å². The molecule has 14 heavy (non-hydrogen) atoms. The molecule has 0 aliphatic carbocycles. The normalized spacial score (nSPS) is 10.5. The fourth-order valence-corrected chi connectivity index (χ4v) is 1.30. The van der Waals surface area contributed by atoms with Crippen LogP contribution in [0.2, 0.25) is 0 Å². The van der Waals surface area contributed by atoms with Gasteiger partial charge in [-0.1, -0.05) is 0 Å². The number of aryl methyl sites for hydroxylation is 1. The Hall–Kier alpha value is -1.53. The molecule has 0 saturated heterocycles. The van der Waals surface area contributed by atoms with Gasteiger partial charge in [0.2, 0.25) is 0 Å². The summed E-state index contributed by atoms with van der Waals surface area (Å²) in [4.78, 5) is 7.03. The van der Waals surface area contributed by atoms with Gasteiger partial charge in [0, 0.05) is 11.6 Å². The van der Waals surface area contributed by atoms with Crippen molar-refractivity contribution in [3.05, 3.63) is 24.0 Å². The fraction of sp³-hybridized carbons (Fsp3) is 0.125. The van der Waals surface area contributed by atoms with Crippen LogP contribution in [0.5, 0.6) is 5.75 Å². The zero-order chi connectivity index (χ0) is 10.1. The molecule has 6 heteroatoms. The second kappa shape index (κ2) is 3.32. The lowest BCUT2D eigenvalue weighted by Gasteiger charge is -2.03. The highest BCUT2D eigenvalue weighted by molar-refractivity contribution is 6.33. The minimum atomic E-state index is -1.81. The first-order valence-electron chi connectivity index (χ1n) is 4.13. The number of nitrogens with zero attached hydrogens (tertiary/aromatic N) is 1. The fourth-order valence-electron chi connectivity index (χ4n) is 1.30. The van der Waals surface area contributed by atoms with Gasteiger partial charge in [-0.2, -0.15) is 0 Å². The Balaban J connectivity index is 2.44. The summed E-state index contributed by atoms with van der Waals surface area (Å²) in [7, 11) is -1.81. The van der Waals surface area contributed by atoms with Crippen LogP contribution in [0.25, 0.3) is 11.0 Å². The van der Waals surface area contributed by atoms with Crippen LogP contribution >= 0.6 is 0 Å². The number of hydrogen-bond donors (Lipinski definition) is 3. The predicted octanol–water partition coefficient (Wildman–Crippen LogP) is 0.220. The summed E-state index contributed by atoms with van der Waals surface area (Å²) in [6.45, 7) is 1.93. The number of aromatic amines is 1. The largest absolute Gasteiger partial charge is 0.707 e. The summed E-state index contributed by atoms with van der Waals surface area (Å²) >= 11 is 0. The Morgan fingerprint density at radius 1 is 1.50 bits per heavy atom. The Bertz CT molecular complexity index is 455. The van der Waals surface area contributed by atoms with Crippen LogP contribution in [0, 0.1) is 6.92 Å². The van der Waals surface area contributed by atoms with E-state index in [0.717, 1.165) is 16.6 Å². The Labute approximate surface area is 80.5 Å². The maximum atomic E-state index is 8.60. The zero-order valence-electron chi connectivity index (χ0n) is 7.56. The molecule has 0 atom stereocenters. The van der Waals surface area contributed by atoms with Crippen molar-refractivity contribution in [1.82, 2.24) is 9.97 Å². The minimum Gasteiger partial charge on any atom is -0.511 e. The highest BCUT2D eigenvalue weighted by atomic mass is 16.6. The number of nitrogens with one attached hydrogen (secondary N) is 1. The van der Waals surface area contributed by atoms with Crippen LogP contribution in [0.3, 0.4) is 0 Å². The molecular formula is C8H9BN2O3. The summed E-state index contributed by atoms with van der Waals surface area (Å²) < 4.78 is 4.68. The van der Waals surface area contributed by atoms with E-state index in [2.05, 4.69) is 14.6 Å². The monoisotopic (exact) mass is 192 g/mol. The van der Waals surface area contributed by atoms with E-state index < -0.39 is 7.32 Å². The number of rotatable bonds is 2. The molecule has 2 aromatic rings. The van der Waals surface area contributed by atoms with E-state index in [4.69, 9.17) is 10.0 Å². The first-order chi connectivity index (χ1) is 6.66. The van der Waals surface area contributed by atoms with E-state index in [9.17, 15) is 0 Å². The van der Waals surface area contributed by atoms with E-state index in [1.54, 1.807) is 6.07 Å². The van der Waals surface area contributed by atoms with Crippen molar-refractivity contribution in [2.24, 2.45) is 0 Å². The lowest BCUT2D eigenvalue weighted by atomic mass is 10.2. The third kappa shape index (κ3) is 1.57. The van der Waals surface area contributed by atoms with Crippen molar-refractivity contribution in [3.63, 3.8) is 0 Å². The van der Waals surface area contributed by atoms with Gasteiger partial charge in [-0.25, -0.2) is 4.98 Å². The average Bonchev–Trinajstić information content (AvgIpc) is 2.47. The van der Waals surface area contributed by atoms with E-state index in [1.807, 2.05) is 13.1 Å². The topological polar surface area (TPSA) is 78.4 Å². The number of aromatic nitrogens is 2. The van der Waals surface area contributed by atoms with Crippen molar-refractivity contribution >= 4 is 18.4 Å². The Kier molecular flexibility index (Phi) is 2.15. The molecule has 0 aliphatic heterocycles. The molecule has 0 radical (unpaired) electrons. The van der Waals surface area contributed by atoms with Crippen molar-refractivity contribution in [3.8, 4) is 5.75 Å². The molecule has 72 valence electrons. The summed E-state index contributed by atoms with van der Waals surface area (Å²) in [5.41, 5.74) is 1.78. The molecule has 2 heterocycles. The first kappa shape index (κ1) is 9.05. The van der Waals surface area contributed by atoms with Gasteiger partial charge >= 0.3 is 7.32 Å². The highest BCUT2D eigenvalue weighted by Gasteiger charge is 2.12. The summed E-state index contributed by atoms with van der Waals surface area (Å²) in [5.74, 6) is 0.329. The molecule has 0 aromatic carbocycles. The van der Waals surface area contributed by atoms with Gasteiger partial charge in [-0.15, -0.1) is 0 Å². The third-order valence-electron chi connectivity index (χ3n) is 1.95. The van der Waals surface area contributed by atoms with Crippen LogP contribution in [-0.4, -0.2) is 27.3 Å². The van der Waals surface area contributed by atoms with E-state index >= 15 is 0 Å². The lowest BCUT2D eigenvalue weighted by molar-refractivity contribution is 0.288. The molecule has 0 spiro atoms. The summed E-state index contributed by atoms with van der Waals surface area (Å²) in [6.07, 6.45) is 3.26. The molecule has 3 N–H and O–H groups in total. The molecular weight excluding hydrogens is 183 g/mol. The van der Waals surface area contributed by atoms with Crippen molar-refractivity contribution in [2.75, 3.05) is 0 Å². The quantitative estimate of drug-likeness (QED) is 0.594. The van der Waals surface area contributed by atoms with Crippen LogP contribution < -0.4 is 4.65 Å². The van der Waals surface area contributed by atoms with Crippen molar-refractivity contribution < 1.29 is 14.7 Å². The molecule has 0 fully saturated rings. The van der Waals surface area contributed by atoms with Crippen LogP contribution in [0.15, 0.2) is 18.5 Å². The van der Waals surface area contributed by atoms with Gasteiger partial charge in [0.1, 0.15) is 11.4 Å². The zero-order valence-corrected chi connectivity index (χ0v) is 7.56. The highest BCUT2D eigenvalue weighted by Crippen LogP contribution is 2.20. The molecule has 0 bridgehead atoms. The molecule has 0 aliphatic rings. The third-order valence-corrected chi connectivity index (χ3v) is 1.95. The maximum absolute atomic E-state index is 8.60. The first-order valence-corrected chi connectivity index (χ1v) is 4.13. The van der Waals surface area contributed by atoms with Gasteiger partial charge in [-0.05, 0) is 18.6 Å². The molecule has 0 saturated carbocycles. The summed E-state index contributed by atoms with van der Waals surface area (Å²) in [6, 6.07) is 1.70. The Morgan fingerprint density at radius 2 is 2.29 bits per heavy atom. The predicted molar refractivity (Wildman–Crippen MR) is 51.7 cm³/mol. The lowest BCUT2D eigenvalue weighted by Crippen LogP contribution is -2.20. The number of fused-ring (bicyclic) bond motifs is 1. The molecule has 0 unspecified atom stereocenters. The van der Waals surface area contributed by atoms with E-state index in [-0.39, 0.29) is 0 Å². The average molecular weight is 192 g/mol. The SMILES string of the molecule is Cc1c[nH]c2ncc(OB(O)O)cc12. The van der Waals surface area contributed by atoms with Crippen molar-refractivity contribution in [2.45, 2.75) is 6.92 Å². The van der Waals surface area contributed by atoms with Crippen LogP contribution in [0.1, 0.15) is 5.56 Å². The molecule has 2 rings (SSSR count). The number of hydrogen-bond acceptors (Lipinski definition) is 4. The van der Waals surface area contributed by atoms with Crippen molar-refractivity contribution in [1.29, 1.82) is 0 Å². The van der Waals surface area contributed by atoms with E-state index in [0.29, 0.717) is 5.75 Å². The van der Waals surface area contributed by atoms with E-state index in [1.165, 1.54) is 6.20 Å². The summed E-state index contributed by atoms with van der Waals surface area (Å²) in [5, 5.41) is 18.1. The molecule has 5 nitrogen and oxygen atoms in total. The maximum Gasteiger partial charge on any atom is 0.707 e. The van der Waals surface area contributed by atoms with Gasteiger partial charge in [0.05, 0.1) is 6.20 Å². The van der Waals surface area contributed by atoms with Gasteiger partial charge in [-0.3, -0.25) is 0 Å².